The normalized spacial score (nSPS) is 16.1. The van der Waals surface area contributed by atoms with Crippen LogP contribution in [-0.4, -0.2) is 20.5 Å². The largest absolute Gasteiger partial charge is 0.318 e. The van der Waals surface area contributed by atoms with Crippen LogP contribution >= 0.6 is 11.8 Å². The van der Waals surface area contributed by atoms with Gasteiger partial charge in [0.1, 0.15) is 0 Å². The summed E-state index contributed by atoms with van der Waals surface area (Å²) in [5.74, 6) is -0.0205. The zero-order valence-electron chi connectivity index (χ0n) is 22.6. The molecule has 0 spiro atoms. The maximum Gasteiger partial charge on any atom is 0.267 e. The van der Waals surface area contributed by atoms with E-state index in [2.05, 4.69) is 69.5 Å². The van der Waals surface area contributed by atoms with Gasteiger partial charge in [-0.3, -0.25) is 9.69 Å². The third-order valence-electron chi connectivity index (χ3n) is 6.80. The van der Waals surface area contributed by atoms with Gasteiger partial charge < -0.3 is 4.57 Å². The van der Waals surface area contributed by atoms with Crippen molar-refractivity contribution in [2.45, 2.75) is 46.6 Å². The van der Waals surface area contributed by atoms with Crippen molar-refractivity contribution in [3.8, 4) is 5.69 Å². The Hall–Kier alpha value is -3.83. The number of thioether (sulfide) groups is 1. The van der Waals surface area contributed by atoms with Crippen LogP contribution in [0.25, 0.3) is 11.8 Å². The van der Waals surface area contributed by atoms with Crippen LogP contribution in [0.2, 0.25) is 0 Å². The van der Waals surface area contributed by atoms with Crippen LogP contribution < -0.4 is 0 Å². The molecule has 1 aliphatic heterocycles. The molecule has 38 heavy (non-hydrogen) atoms. The van der Waals surface area contributed by atoms with Gasteiger partial charge >= 0.3 is 0 Å². The zero-order chi connectivity index (χ0) is 26.9. The number of benzene rings is 3. The molecule has 0 saturated carbocycles. The summed E-state index contributed by atoms with van der Waals surface area (Å²) in [6.07, 6.45) is 2.01. The lowest BCUT2D eigenvalue weighted by molar-refractivity contribution is -0.122. The van der Waals surface area contributed by atoms with Gasteiger partial charge in [0, 0.05) is 17.1 Å². The van der Waals surface area contributed by atoms with Gasteiger partial charge in [0.15, 0.2) is 5.17 Å². The lowest BCUT2D eigenvalue weighted by Crippen LogP contribution is -2.28. The maximum atomic E-state index is 13.7. The Morgan fingerprint density at radius 2 is 1.50 bits per heavy atom. The third kappa shape index (κ3) is 5.39. The first-order valence-electron chi connectivity index (χ1n) is 12.9. The zero-order valence-corrected chi connectivity index (χ0v) is 23.4. The number of amidine groups is 1. The van der Waals surface area contributed by atoms with Crippen molar-refractivity contribution in [2.24, 2.45) is 4.99 Å². The second kappa shape index (κ2) is 10.5. The van der Waals surface area contributed by atoms with Crippen molar-refractivity contribution in [3.63, 3.8) is 0 Å². The minimum atomic E-state index is -0.0205. The van der Waals surface area contributed by atoms with E-state index in [9.17, 15) is 4.79 Å². The Morgan fingerprint density at radius 1 is 0.868 bits per heavy atom. The van der Waals surface area contributed by atoms with E-state index in [4.69, 9.17) is 4.99 Å². The number of carbonyl (C=O) groups is 1. The van der Waals surface area contributed by atoms with Crippen molar-refractivity contribution in [1.29, 1.82) is 0 Å². The number of amides is 1. The molecule has 4 aromatic rings. The topological polar surface area (TPSA) is 37.6 Å². The van der Waals surface area contributed by atoms with Crippen LogP contribution in [0.4, 0.5) is 5.69 Å². The highest BCUT2D eigenvalue weighted by molar-refractivity contribution is 8.18. The fourth-order valence-electron chi connectivity index (χ4n) is 4.69. The highest BCUT2D eigenvalue weighted by Crippen LogP contribution is 2.36. The number of aryl methyl sites for hydroxylation is 1. The van der Waals surface area contributed by atoms with Crippen LogP contribution in [0.1, 0.15) is 48.8 Å². The van der Waals surface area contributed by atoms with Gasteiger partial charge in [-0.05, 0) is 84.1 Å². The fourth-order valence-corrected chi connectivity index (χ4v) is 5.68. The van der Waals surface area contributed by atoms with E-state index in [1.165, 1.54) is 17.3 Å². The molecular weight excluding hydrogens is 486 g/mol. The van der Waals surface area contributed by atoms with Gasteiger partial charge in [-0.2, -0.15) is 0 Å². The van der Waals surface area contributed by atoms with E-state index < -0.39 is 0 Å². The van der Waals surface area contributed by atoms with Crippen LogP contribution in [0, 0.1) is 13.8 Å². The smallest absolute Gasteiger partial charge is 0.267 e. The second-order valence-electron chi connectivity index (χ2n) is 10.7. The Kier molecular flexibility index (Phi) is 7.13. The number of aromatic nitrogens is 1. The predicted molar refractivity (Wildman–Crippen MR) is 160 cm³/mol. The molecule has 0 unspecified atom stereocenters. The number of aliphatic imine (C=N–C) groups is 1. The lowest BCUT2D eigenvalue weighted by Gasteiger charge is -2.20. The molecule has 5 heteroatoms. The van der Waals surface area contributed by atoms with Crippen LogP contribution in [0.5, 0.6) is 0 Å². The van der Waals surface area contributed by atoms with E-state index in [1.54, 1.807) is 4.90 Å². The number of hydrogen-bond donors (Lipinski definition) is 0. The van der Waals surface area contributed by atoms with E-state index >= 15 is 0 Å². The van der Waals surface area contributed by atoms with Crippen molar-refractivity contribution < 1.29 is 4.79 Å². The van der Waals surface area contributed by atoms with Crippen molar-refractivity contribution >= 4 is 34.6 Å². The molecule has 3 aromatic carbocycles. The summed E-state index contributed by atoms with van der Waals surface area (Å²) in [6.45, 7) is 11.4. The number of rotatable bonds is 5. The minimum Gasteiger partial charge on any atom is -0.318 e. The van der Waals surface area contributed by atoms with Crippen LogP contribution in [-0.2, 0) is 16.8 Å². The van der Waals surface area contributed by atoms with Crippen molar-refractivity contribution in [1.82, 2.24) is 9.47 Å². The molecule has 0 aliphatic carbocycles. The summed E-state index contributed by atoms with van der Waals surface area (Å²) >= 11 is 1.44. The number of nitrogens with zero attached hydrogens (tertiary/aromatic N) is 3. The average Bonchev–Trinajstić information content (AvgIpc) is 3.34. The Bertz CT molecular complexity index is 1510. The van der Waals surface area contributed by atoms with E-state index in [0.29, 0.717) is 16.6 Å². The van der Waals surface area contributed by atoms with E-state index in [-0.39, 0.29) is 11.3 Å². The van der Waals surface area contributed by atoms with Crippen LogP contribution in [0.3, 0.4) is 0 Å². The Balaban J connectivity index is 1.50. The lowest BCUT2D eigenvalue weighted by atomic mass is 9.87. The molecule has 1 fully saturated rings. The molecule has 5 rings (SSSR count). The first-order valence-corrected chi connectivity index (χ1v) is 13.7. The van der Waals surface area contributed by atoms with Gasteiger partial charge in [0.05, 0.1) is 17.1 Å². The van der Waals surface area contributed by atoms with Crippen LogP contribution in [0.15, 0.2) is 101 Å². The molecule has 1 saturated heterocycles. The van der Waals surface area contributed by atoms with Gasteiger partial charge in [-0.25, -0.2) is 4.99 Å². The summed E-state index contributed by atoms with van der Waals surface area (Å²) < 4.78 is 2.25. The molecule has 0 radical (unpaired) electrons. The van der Waals surface area contributed by atoms with Gasteiger partial charge in [-0.1, -0.05) is 81.4 Å². The Labute approximate surface area is 229 Å². The molecule has 0 N–H and O–H groups in total. The monoisotopic (exact) mass is 519 g/mol. The molecular formula is C33H33N3OS. The maximum absolute atomic E-state index is 13.7. The summed E-state index contributed by atoms with van der Waals surface area (Å²) in [6, 6.07) is 30.8. The predicted octanol–water partition coefficient (Wildman–Crippen LogP) is 8.20. The summed E-state index contributed by atoms with van der Waals surface area (Å²) in [7, 11) is 0. The number of para-hydroxylation sites is 1. The van der Waals surface area contributed by atoms with E-state index in [0.717, 1.165) is 33.9 Å². The summed E-state index contributed by atoms with van der Waals surface area (Å²) in [5, 5.41) is 0.697. The summed E-state index contributed by atoms with van der Waals surface area (Å²) in [4.78, 5) is 21.0. The molecule has 1 amide bonds. The van der Waals surface area contributed by atoms with E-state index in [1.807, 2.05) is 66.7 Å². The average molecular weight is 520 g/mol. The fraction of sp³-hybridized carbons (Fsp3) is 0.212. The SMILES string of the molecule is Cc1cc(/C=C2\SC(=Nc3ccccc3)N(Cc3ccccc3)C2=O)c(C)n1-c1ccc(C(C)(C)C)cc1. The minimum absolute atomic E-state index is 0.0205. The molecule has 4 nitrogen and oxygen atoms in total. The first kappa shape index (κ1) is 25.8. The second-order valence-corrected chi connectivity index (χ2v) is 11.7. The molecule has 0 bridgehead atoms. The third-order valence-corrected chi connectivity index (χ3v) is 7.81. The molecule has 192 valence electrons. The molecule has 1 aliphatic rings. The molecule has 0 atom stereocenters. The standard InChI is InChI=1S/C33H33N3OS/c1-23-20-26(24(2)36(23)29-18-16-27(17-19-29)33(3,4)5)21-30-31(37)35(22-25-12-8-6-9-13-25)32(38-30)34-28-14-10-7-11-15-28/h6-21H,22H2,1-5H3/b30-21-,34-32?. The molecule has 2 heterocycles. The van der Waals surface area contributed by atoms with Gasteiger partial charge in [0.2, 0.25) is 0 Å². The van der Waals surface area contributed by atoms with Gasteiger partial charge in [0.25, 0.3) is 5.91 Å². The first-order chi connectivity index (χ1) is 18.2. The van der Waals surface area contributed by atoms with Crippen molar-refractivity contribution in [3.05, 3.63) is 124 Å². The number of hydrogen-bond acceptors (Lipinski definition) is 3. The van der Waals surface area contributed by atoms with Crippen molar-refractivity contribution in [2.75, 3.05) is 0 Å². The number of carbonyl (C=O) groups excluding carboxylic acids is 1. The quantitative estimate of drug-likeness (QED) is 0.249. The highest BCUT2D eigenvalue weighted by Gasteiger charge is 2.33. The highest BCUT2D eigenvalue weighted by atomic mass is 32.2. The Morgan fingerprint density at radius 3 is 2.13 bits per heavy atom. The van der Waals surface area contributed by atoms with Gasteiger partial charge in [-0.15, -0.1) is 0 Å². The molecule has 1 aromatic heterocycles. The summed E-state index contributed by atoms with van der Waals surface area (Å²) in [5.41, 5.74) is 7.73.